The molecule has 0 spiro atoms. The van der Waals surface area contributed by atoms with Gasteiger partial charge in [-0.2, -0.15) is 0 Å². The molecule has 1 rings (SSSR count). The van der Waals surface area contributed by atoms with Gasteiger partial charge in [0.2, 0.25) is 0 Å². The van der Waals surface area contributed by atoms with Gasteiger partial charge in [-0.3, -0.25) is 4.90 Å². The van der Waals surface area contributed by atoms with Crippen LogP contribution in [0, 0.1) is 5.41 Å². The van der Waals surface area contributed by atoms with Crippen LogP contribution in [0.2, 0.25) is 0 Å². The van der Waals surface area contributed by atoms with Crippen molar-refractivity contribution in [1.29, 1.82) is 0 Å². The van der Waals surface area contributed by atoms with Gasteiger partial charge in [-0.05, 0) is 38.1 Å². The fourth-order valence-electron chi connectivity index (χ4n) is 2.28. The summed E-state index contributed by atoms with van der Waals surface area (Å²) in [7, 11) is 2.22. The Kier molecular flexibility index (Phi) is 5.14. The highest BCUT2D eigenvalue weighted by Gasteiger charge is 2.28. The molecule has 2 heteroatoms. The van der Waals surface area contributed by atoms with Gasteiger partial charge in [-0.15, -0.1) is 11.6 Å². The van der Waals surface area contributed by atoms with Gasteiger partial charge in [-0.25, -0.2) is 0 Å². The minimum absolute atomic E-state index is 0.573. The van der Waals surface area contributed by atoms with E-state index in [1.165, 1.54) is 25.7 Å². The molecule has 0 aromatic rings. The highest BCUT2D eigenvalue weighted by atomic mass is 35.5. The summed E-state index contributed by atoms with van der Waals surface area (Å²) >= 11 is 5.60. The standard InChI is InChI=1S/C13H24ClN/c1-13(2)8-6-12(7-9-13)15(3)11-5-4-10-14/h4-5,12H,6-11H2,1-3H3. The highest BCUT2D eigenvalue weighted by Crippen LogP contribution is 2.36. The van der Waals surface area contributed by atoms with Crippen molar-refractivity contribution in [2.24, 2.45) is 5.41 Å². The monoisotopic (exact) mass is 229 g/mol. The second-order valence-electron chi connectivity index (χ2n) is 5.46. The van der Waals surface area contributed by atoms with Crippen LogP contribution in [0.25, 0.3) is 0 Å². The Hall–Kier alpha value is -0.0100. The highest BCUT2D eigenvalue weighted by molar-refractivity contribution is 6.18. The Morgan fingerprint density at radius 3 is 2.40 bits per heavy atom. The molecule has 0 bridgehead atoms. The fourth-order valence-corrected chi connectivity index (χ4v) is 2.40. The maximum absolute atomic E-state index is 5.60. The number of hydrogen-bond acceptors (Lipinski definition) is 1. The average Bonchev–Trinajstić information content (AvgIpc) is 2.18. The van der Waals surface area contributed by atoms with E-state index in [2.05, 4.69) is 31.9 Å². The summed E-state index contributed by atoms with van der Waals surface area (Å²) < 4.78 is 0. The first kappa shape index (κ1) is 13.1. The lowest BCUT2D eigenvalue weighted by Crippen LogP contribution is -2.37. The van der Waals surface area contributed by atoms with E-state index in [1.54, 1.807) is 0 Å². The number of alkyl halides is 1. The molecule has 1 saturated carbocycles. The van der Waals surface area contributed by atoms with E-state index in [-0.39, 0.29) is 0 Å². The van der Waals surface area contributed by atoms with Crippen LogP contribution < -0.4 is 0 Å². The normalized spacial score (nSPS) is 22.7. The molecular weight excluding hydrogens is 206 g/mol. The first-order valence-corrected chi connectivity index (χ1v) is 6.50. The van der Waals surface area contributed by atoms with Crippen LogP contribution in [0.5, 0.6) is 0 Å². The third-order valence-corrected chi connectivity index (χ3v) is 3.76. The Morgan fingerprint density at radius 1 is 1.27 bits per heavy atom. The van der Waals surface area contributed by atoms with Crippen LogP contribution in [0.3, 0.4) is 0 Å². The molecule has 0 atom stereocenters. The third kappa shape index (κ3) is 4.56. The third-order valence-electron chi connectivity index (χ3n) is 3.58. The average molecular weight is 230 g/mol. The van der Waals surface area contributed by atoms with E-state index in [0.717, 1.165) is 12.6 Å². The Morgan fingerprint density at radius 2 is 1.87 bits per heavy atom. The van der Waals surface area contributed by atoms with Gasteiger partial charge in [0.1, 0.15) is 0 Å². The summed E-state index contributed by atoms with van der Waals surface area (Å²) in [6.45, 7) is 5.81. The largest absolute Gasteiger partial charge is 0.300 e. The van der Waals surface area contributed by atoms with E-state index < -0.39 is 0 Å². The van der Waals surface area contributed by atoms with Crippen LogP contribution in [-0.2, 0) is 0 Å². The van der Waals surface area contributed by atoms with Gasteiger partial charge >= 0.3 is 0 Å². The van der Waals surface area contributed by atoms with E-state index in [0.29, 0.717) is 11.3 Å². The molecule has 0 aromatic heterocycles. The molecule has 15 heavy (non-hydrogen) atoms. The zero-order chi connectivity index (χ0) is 11.3. The predicted octanol–water partition coefficient (Wildman–Crippen LogP) is 3.68. The number of likely N-dealkylation sites (N-methyl/N-ethyl adjacent to an activating group) is 1. The Balaban J connectivity index is 2.30. The van der Waals surface area contributed by atoms with Crippen LogP contribution in [0.4, 0.5) is 0 Å². The Labute approximate surface area is 99.5 Å². The van der Waals surface area contributed by atoms with Crippen molar-refractivity contribution in [3.05, 3.63) is 12.2 Å². The molecule has 0 aromatic carbocycles. The summed E-state index contributed by atoms with van der Waals surface area (Å²) in [5, 5.41) is 0. The van der Waals surface area contributed by atoms with Gasteiger partial charge in [-0.1, -0.05) is 26.0 Å². The number of halogens is 1. The minimum atomic E-state index is 0.573. The molecule has 0 saturated heterocycles. The Bertz CT molecular complexity index is 201. The van der Waals surface area contributed by atoms with Crippen molar-refractivity contribution < 1.29 is 0 Å². The number of nitrogens with zero attached hydrogens (tertiary/aromatic N) is 1. The summed E-state index contributed by atoms with van der Waals surface area (Å²) in [6.07, 6.45) is 9.62. The minimum Gasteiger partial charge on any atom is -0.300 e. The summed E-state index contributed by atoms with van der Waals surface area (Å²) in [5.74, 6) is 0.630. The van der Waals surface area contributed by atoms with Crippen molar-refractivity contribution in [1.82, 2.24) is 4.90 Å². The molecule has 1 nitrogen and oxygen atoms in total. The van der Waals surface area contributed by atoms with Crippen molar-refractivity contribution in [3.63, 3.8) is 0 Å². The quantitative estimate of drug-likeness (QED) is 0.525. The van der Waals surface area contributed by atoms with E-state index >= 15 is 0 Å². The molecule has 0 amide bonds. The van der Waals surface area contributed by atoms with Gasteiger partial charge < -0.3 is 0 Å². The first-order valence-electron chi connectivity index (χ1n) is 5.96. The smallest absolute Gasteiger partial charge is 0.0404 e. The summed E-state index contributed by atoms with van der Waals surface area (Å²) in [6, 6.07) is 0.776. The molecule has 88 valence electrons. The summed E-state index contributed by atoms with van der Waals surface area (Å²) in [4.78, 5) is 2.46. The first-order chi connectivity index (χ1) is 7.05. The lowest BCUT2D eigenvalue weighted by Gasteiger charge is -2.38. The van der Waals surface area contributed by atoms with Crippen LogP contribution in [0.15, 0.2) is 12.2 Å². The second kappa shape index (κ2) is 5.91. The number of allylic oxidation sites excluding steroid dienone is 1. The molecule has 0 N–H and O–H groups in total. The number of hydrogen-bond donors (Lipinski definition) is 0. The van der Waals surface area contributed by atoms with Gasteiger partial charge in [0.05, 0.1) is 0 Å². The summed E-state index contributed by atoms with van der Waals surface area (Å²) in [5.41, 5.74) is 0.573. The fraction of sp³-hybridized carbons (Fsp3) is 0.846. The molecule has 0 aliphatic heterocycles. The number of rotatable bonds is 4. The van der Waals surface area contributed by atoms with Crippen LogP contribution in [-0.4, -0.2) is 30.4 Å². The molecule has 0 radical (unpaired) electrons. The topological polar surface area (TPSA) is 3.24 Å². The molecule has 0 unspecified atom stereocenters. The molecule has 1 aliphatic carbocycles. The van der Waals surface area contributed by atoms with E-state index in [9.17, 15) is 0 Å². The van der Waals surface area contributed by atoms with Crippen molar-refractivity contribution in [2.75, 3.05) is 19.5 Å². The van der Waals surface area contributed by atoms with Crippen molar-refractivity contribution in [3.8, 4) is 0 Å². The van der Waals surface area contributed by atoms with E-state index in [1.807, 2.05) is 6.08 Å². The lowest BCUT2D eigenvalue weighted by atomic mass is 9.75. The van der Waals surface area contributed by atoms with Gasteiger partial charge in [0.25, 0.3) is 0 Å². The zero-order valence-electron chi connectivity index (χ0n) is 10.3. The predicted molar refractivity (Wildman–Crippen MR) is 68.5 cm³/mol. The van der Waals surface area contributed by atoms with Gasteiger partial charge in [0, 0.05) is 18.5 Å². The SMILES string of the molecule is CN(CC=CCCl)C1CCC(C)(C)CC1. The van der Waals surface area contributed by atoms with Crippen molar-refractivity contribution in [2.45, 2.75) is 45.6 Å². The zero-order valence-corrected chi connectivity index (χ0v) is 11.1. The molecule has 1 fully saturated rings. The molecule has 0 heterocycles. The molecule has 1 aliphatic rings. The molecular formula is C13H24ClN. The maximum Gasteiger partial charge on any atom is 0.0404 e. The van der Waals surface area contributed by atoms with Crippen LogP contribution in [0.1, 0.15) is 39.5 Å². The van der Waals surface area contributed by atoms with Crippen molar-refractivity contribution >= 4 is 11.6 Å². The van der Waals surface area contributed by atoms with Gasteiger partial charge in [0.15, 0.2) is 0 Å². The second-order valence-corrected chi connectivity index (χ2v) is 5.77. The van der Waals surface area contributed by atoms with E-state index in [4.69, 9.17) is 11.6 Å². The lowest BCUT2D eigenvalue weighted by molar-refractivity contribution is 0.136. The van der Waals surface area contributed by atoms with Crippen LogP contribution >= 0.6 is 11.6 Å². The maximum atomic E-state index is 5.60.